The number of allylic oxidation sites excluding steroid dienone is 2. The highest BCUT2D eigenvalue weighted by Gasteiger charge is 1.86. The largest absolute Gasteiger partial charge is 0.353 e. The van der Waals surface area contributed by atoms with E-state index in [1.807, 2.05) is 0 Å². The molecule has 54 valence electrons. The van der Waals surface area contributed by atoms with Gasteiger partial charge in [0.25, 0.3) is 0 Å². The number of aliphatic imine (C=N–C) groups is 1. The maximum Gasteiger partial charge on any atom is 0.207 e. The monoisotopic (exact) mass is 138 g/mol. The normalized spacial score (nSPS) is 10.2. The molecule has 0 saturated carbocycles. The van der Waals surface area contributed by atoms with E-state index in [1.54, 1.807) is 12.2 Å². The Balaban J connectivity index is 3.81. The fourth-order valence-electron chi connectivity index (χ4n) is 0.450. The average molecular weight is 138 g/mol. The fraction of sp³-hybridized carbons (Fsp3) is 0.143. The van der Waals surface area contributed by atoms with Crippen molar-refractivity contribution >= 4 is 13.1 Å². The molecule has 0 radical (unpaired) electrons. The minimum Gasteiger partial charge on any atom is -0.353 e. The summed E-state index contributed by atoms with van der Waals surface area (Å²) >= 11 is 0. The van der Waals surface area contributed by atoms with E-state index in [0.29, 0.717) is 18.7 Å². The van der Waals surface area contributed by atoms with Crippen LogP contribution < -0.4 is 5.32 Å². The van der Waals surface area contributed by atoms with E-state index in [2.05, 4.69) is 23.6 Å². The zero-order valence-electron chi connectivity index (χ0n) is 5.71. The van der Waals surface area contributed by atoms with Crippen LogP contribution in [0, 0.1) is 0 Å². The van der Waals surface area contributed by atoms with Crippen molar-refractivity contribution in [3.63, 3.8) is 0 Å². The summed E-state index contributed by atoms with van der Waals surface area (Å²) in [6.07, 6.45) is 3.89. The van der Waals surface area contributed by atoms with Gasteiger partial charge in [0.05, 0.1) is 12.2 Å². The van der Waals surface area contributed by atoms with Crippen molar-refractivity contribution in [3.8, 4) is 0 Å². The van der Waals surface area contributed by atoms with Gasteiger partial charge in [-0.3, -0.25) is 9.79 Å². The van der Waals surface area contributed by atoms with Gasteiger partial charge in [-0.15, -0.1) is 0 Å². The molecule has 0 aromatic rings. The quantitative estimate of drug-likeness (QED) is 0.335. The first kappa shape index (κ1) is 8.62. The van der Waals surface area contributed by atoms with Gasteiger partial charge in [-0.1, -0.05) is 12.7 Å². The minimum atomic E-state index is 0.402. The predicted molar refractivity (Wildman–Crippen MR) is 41.9 cm³/mol. The summed E-state index contributed by atoms with van der Waals surface area (Å²) in [4.78, 5) is 13.4. The summed E-state index contributed by atoms with van der Waals surface area (Å²) in [6, 6.07) is 0. The van der Waals surface area contributed by atoms with Crippen molar-refractivity contribution in [2.75, 3.05) is 6.54 Å². The molecule has 3 nitrogen and oxygen atoms in total. The van der Waals surface area contributed by atoms with Gasteiger partial charge in [-0.2, -0.15) is 0 Å². The van der Waals surface area contributed by atoms with E-state index >= 15 is 0 Å². The van der Waals surface area contributed by atoms with E-state index in [1.165, 1.54) is 0 Å². The van der Waals surface area contributed by atoms with Crippen molar-refractivity contribution in [2.24, 2.45) is 4.99 Å². The Kier molecular flexibility index (Phi) is 4.96. The molecular weight excluding hydrogens is 128 g/mol. The topological polar surface area (TPSA) is 41.5 Å². The third-order valence-electron chi connectivity index (χ3n) is 0.880. The molecule has 0 bridgehead atoms. The molecule has 1 amide bonds. The molecule has 1 N–H and O–H groups in total. The van der Waals surface area contributed by atoms with Crippen LogP contribution in [-0.2, 0) is 4.79 Å². The molecule has 0 rings (SSSR count). The molecule has 0 unspecified atom stereocenters. The fourth-order valence-corrected chi connectivity index (χ4v) is 0.450. The second-order valence-corrected chi connectivity index (χ2v) is 1.55. The predicted octanol–water partition coefficient (Wildman–Crippen LogP) is 0.503. The summed E-state index contributed by atoms with van der Waals surface area (Å²) in [6.45, 7) is 7.19. The highest BCUT2D eigenvalue weighted by atomic mass is 16.1. The number of hydrogen-bond acceptors (Lipinski definition) is 2. The van der Waals surface area contributed by atoms with E-state index in [4.69, 9.17) is 0 Å². The van der Waals surface area contributed by atoms with Crippen LogP contribution in [0.15, 0.2) is 29.4 Å². The number of carbonyl (C=O) groups is 1. The lowest BCUT2D eigenvalue weighted by Gasteiger charge is -1.95. The minimum absolute atomic E-state index is 0.402. The zero-order chi connectivity index (χ0) is 7.82. The molecule has 0 aromatic carbocycles. The molecule has 0 saturated heterocycles. The van der Waals surface area contributed by atoms with Crippen molar-refractivity contribution in [2.45, 2.75) is 0 Å². The lowest BCUT2D eigenvalue weighted by Crippen LogP contribution is -2.13. The first-order valence-corrected chi connectivity index (χ1v) is 2.80. The maximum atomic E-state index is 9.80. The third kappa shape index (κ3) is 3.60. The average Bonchev–Trinajstić information content (AvgIpc) is 1.98. The third-order valence-corrected chi connectivity index (χ3v) is 0.880. The summed E-state index contributed by atoms with van der Waals surface area (Å²) in [7, 11) is 0. The van der Waals surface area contributed by atoms with Crippen LogP contribution in [-0.4, -0.2) is 19.7 Å². The molecule has 3 heteroatoms. The highest BCUT2D eigenvalue weighted by molar-refractivity contribution is 5.47. The standard InChI is InChI=1S/C7H10N2O/c1-3-4-7(8-2)5-9-6-10/h3-4,6H,1-2,5H2,(H,9,10)/b7-4-. The van der Waals surface area contributed by atoms with Gasteiger partial charge in [0, 0.05) is 0 Å². The number of rotatable bonds is 5. The molecule has 10 heavy (non-hydrogen) atoms. The van der Waals surface area contributed by atoms with E-state index in [-0.39, 0.29) is 0 Å². The molecule has 0 aliphatic carbocycles. The van der Waals surface area contributed by atoms with Gasteiger partial charge in [-0.25, -0.2) is 0 Å². The first-order valence-electron chi connectivity index (χ1n) is 2.80. The SMILES string of the molecule is C=C/C=C(/CNC=O)N=C. The van der Waals surface area contributed by atoms with Gasteiger partial charge < -0.3 is 5.32 Å². The van der Waals surface area contributed by atoms with E-state index < -0.39 is 0 Å². The first-order chi connectivity index (χ1) is 4.85. The van der Waals surface area contributed by atoms with Crippen molar-refractivity contribution in [1.29, 1.82) is 0 Å². The van der Waals surface area contributed by atoms with Crippen molar-refractivity contribution in [3.05, 3.63) is 24.4 Å². The Labute approximate surface area is 60.2 Å². The summed E-state index contributed by atoms with van der Waals surface area (Å²) in [5.41, 5.74) is 0.696. The molecule has 0 spiro atoms. The van der Waals surface area contributed by atoms with Crippen LogP contribution in [0.4, 0.5) is 0 Å². The van der Waals surface area contributed by atoms with Crippen LogP contribution in [0.3, 0.4) is 0 Å². The lowest BCUT2D eigenvalue weighted by atomic mass is 10.4. The highest BCUT2D eigenvalue weighted by Crippen LogP contribution is 1.91. The molecule has 0 aromatic heterocycles. The van der Waals surface area contributed by atoms with Gasteiger partial charge in [0.2, 0.25) is 6.41 Å². The Morgan fingerprint density at radius 2 is 2.40 bits per heavy atom. The Hall–Kier alpha value is -1.38. The second kappa shape index (κ2) is 5.75. The molecule has 0 heterocycles. The van der Waals surface area contributed by atoms with Crippen molar-refractivity contribution < 1.29 is 4.79 Å². The van der Waals surface area contributed by atoms with Gasteiger partial charge in [0.1, 0.15) is 0 Å². The van der Waals surface area contributed by atoms with E-state index in [9.17, 15) is 4.79 Å². The number of nitrogens with one attached hydrogen (secondary N) is 1. The number of hydrogen-bond donors (Lipinski definition) is 1. The molecular formula is C7H10N2O. The molecule has 0 aliphatic heterocycles. The van der Waals surface area contributed by atoms with Gasteiger partial charge in [-0.05, 0) is 12.8 Å². The van der Waals surface area contributed by atoms with Crippen LogP contribution in [0.1, 0.15) is 0 Å². The summed E-state index contributed by atoms with van der Waals surface area (Å²) in [5, 5.41) is 2.45. The molecule has 0 atom stereocenters. The van der Waals surface area contributed by atoms with E-state index in [0.717, 1.165) is 0 Å². The van der Waals surface area contributed by atoms with Crippen LogP contribution in [0.5, 0.6) is 0 Å². The smallest absolute Gasteiger partial charge is 0.207 e. The second-order valence-electron chi connectivity index (χ2n) is 1.55. The Morgan fingerprint density at radius 1 is 1.70 bits per heavy atom. The maximum absolute atomic E-state index is 9.80. The van der Waals surface area contributed by atoms with Gasteiger partial charge >= 0.3 is 0 Å². The Morgan fingerprint density at radius 3 is 2.80 bits per heavy atom. The van der Waals surface area contributed by atoms with Crippen LogP contribution in [0.2, 0.25) is 0 Å². The molecule has 0 fully saturated rings. The zero-order valence-corrected chi connectivity index (χ0v) is 5.71. The summed E-state index contributed by atoms with van der Waals surface area (Å²) < 4.78 is 0. The van der Waals surface area contributed by atoms with Crippen molar-refractivity contribution in [1.82, 2.24) is 5.32 Å². The molecule has 0 aliphatic rings. The Bertz CT molecular complexity index is 161. The number of nitrogens with zero attached hydrogens (tertiary/aromatic N) is 1. The van der Waals surface area contributed by atoms with Gasteiger partial charge in [0.15, 0.2) is 0 Å². The van der Waals surface area contributed by atoms with Crippen LogP contribution >= 0.6 is 0 Å². The number of amides is 1. The summed E-state index contributed by atoms with van der Waals surface area (Å²) in [5.74, 6) is 0. The van der Waals surface area contributed by atoms with Crippen LogP contribution in [0.25, 0.3) is 0 Å². The lowest BCUT2D eigenvalue weighted by molar-refractivity contribution is -0.109. The number of carbonyl (C=O) groups excluding carboxylic acids is 1.